The summed E-state index contributed by atoms with van der Waals surface area (Å²) in [5.74, 6) is 0.955. The van der Waals surface area contributed by atoms with Crippen LogP contribution in [0.4, 0.5) is 0 Å². The van der Waals surface area contributed by atoms with Gasteiger partial charge in [-0.15, -0.1) is 0 Å². The van der Waals surface area contributed by atoms with Crippen molar-refractivity contribution >= 4 is 0 Å². The molecule has 1 aliphatic rings. The molecule has 2 rings (SSSR count). The molecule has 0 atom stereocenters. The maximum Gasteiger partial charge on any atom is 0.138 e. The number of nitrogens with one attached hydrogen (secondary N) is 2. The standard InChI is InChI=1S/C7H13N5/c1-3-12(4-2-8-1)5-7-9-6-10-11-7/h6,8H,1-5H2,(H,9,10,11). The quantitative estimate of drug-likeness (QED) is 0.606. The molecule has 1 aromatic heterocycles. The van der Waals surface area contributed by atoms with Gasteiger partial charge in [0.1, 0.15) is 12.2 Å². The van der Waals surface area contributed by atoms with Crippen LogP contribution in [-0.4, -0.2) is 46.3 Å². The summed E-state index contributed by atoms with van der Waals surface area (Å²) < 4.78 is 0. The summed E-state index contributed by atoms with van der Waals surface area (Å²) in [4.78, 5) is 6.44. The molecular weight excluding hydrogens is 154 g/mol. The van der Waals surface area contributed by atoms with Crippen molar-refractivity contribution in [2.75, 3.05) is 26.2 Å². The Balaban J connectivity index is 1.86. The van der Waals surface area contributed by atoms with Gasteiger partial charge < -0.3 is 5.32 Å². The number of nitrogens with zero attached hydrogens (tertiary/aromatic N) is 3. The number of H-pyrrole nitrogens is 1. The first-order valence-electron chi connectivity index (χ1n) is 4.22. The van der Waals surface area contributed by atoms with Crippen molar-refractivity contribution in [3.63, 3.8) is 0 Å². The van der Waals surface area contributed by atoms with Crippen LogP contribution in [0.25, 0.3) is 0 Å². The van der Waals surface area contributed by atoms with Gasteiger partial charge in [-0.1, -0.05) is 0 Å². The number of hydrogen-bond acceptors (Lipinski definition) is 4. The zero-order valence-corrected chi connectivity index (χ0v) is 6.95. The summed E-state index contributed by atoms with van der Waals surface area (Å²) in [6, 6.07) is 0. The molecule has 0 saturated carbocycles. The van der Waals surface area contributed by atoms with Gasteiger partial charge in [0.2, 0.25) is 0 Å². The minimum absolute atomic E-state index is 0.891. The van der Waals surface area contributed by atoms with Gasteiger partial charge in [0.25, 0.3) is 0 Å². The van der Waals surface area contributed by atoms with Crippen LogP contribution in [0.3, 0.4) is 0 Å². The van der Waals surface area contributed by atoms with E-state index < -0.39 is 0 Å². The smallest absolute Gasteiger partial charge is 0.138 e. The molecule has 0 aromatic carbocycles. The van der Waals surface area contributed by atoms with E-state index in [9.17, 15) is 0 Å². The van der Waals surface area contributed by atoms with E-state index in [0.29, 0.717) is 0 Å². The topological polar surface area (TPSA) is 56.8 Å². The molecule has 2 N–H and O–H groups in total. The maximum atomic E-state index is 4.08. The number of hydrogen-bond donors (Lipinski definition) is 2. The van der Waals surface area contributed by atoms with Crippen molar-refractivity contribution in [1.82, 2.24) is 25.4 Å². The van der Waals surface area contributed by atoms with Crippen LogP contribution in [0.2, 0.25) is 0 Å². The van der Waals surface area contributed by atoms with E-state index in [4.69, 9.17) is 0 Å². The summed E-state index contributed by atoms with van der Waals surface area (Å²) in [7, 11) is 0. The van der Waals surface area contributed by atoms with Crippen molar-refractivity contribution in [3.05, 3.63) is 12.2 Å². The van der Waals surface area contributed by atoms with Gasteiger partial charge in [-0.25, -0.2) is 4.98 Å². The second-order valence-electron chi connectivity index (χ2n) is 2.96. The molecule has 66 valence electrons. The van der Waals surface area contributed by atoms with Crippen molar-refractivity contribution in [1.29, 1.82) is 0 Å². The van der Waals surface area contributed by atoms with Crippen LogP contribution < -0.4 is 5.32 Å². The van der Waals surface area contributed by atoms with Crippen LogP contribution in [-0.2, 0) is 6.54 Å². The summed E-state index contributed by atoms with van der Waals surface area (Å²) in [6.07, 6.45) is 1.55. The fourth-order valence-electron chi connectivity index (χ4n) is 1.39. The molecule has 1 aliphatic heterocycles. The molecule has 0 bridgehead atoms. The third-order valence-electron chi connectivity index (χ3n) is 2.05. The summed E-state index contributed by atoms with van der Waals surface area (Å²) in [6.45, 7) is 5.24. The Hall–Kier alpha value is -0.940. The molecule has 0 aliphatic carbocycles. The van der Waals surface area contributed by atoms with E-state index in [1.165, 1.54) is 0 Å². The second-order valence-corrected chi connectivity index (χ2v) is 2.96. The van der Waals surface area contributed by atoms with E-state index in [1.807, 2.05) is 0 Å². The van der Waals surface area contributed by atoms with Crippen LogP contribution >= 0.6 is 0 Å². The molecule has 1 saturated heterocycles. The lowest BCUT2D eigenvalue weighted by atomic mass is 10.3. The van der Waals surface area contributed by atoms with Crippen LogP contribution in [0.15, 0.2) is 6.33 Å². The van der Waals surface area contributed by atoms with Crippen molar-refractivity contribution in [3.8, 4) is 0 Å². The third-order valence-corrected chi connectivity index (χ3v) is 2.05. The Labute approximate surface area is 71.2 Å². The highest BCUT2D eigenvalue weighted by Gasteiger charge is 2.10. The normalized spacial score (nSPS) is 19.7. The lowest BCUT2D eigenvalue weighted by Gasteiger charge is -2.25. The summed E-state index contributed by atoms with van der Waals surface area (Å²) >= 11 is 0. The first-order valence-corrected chi connectivity index (χ1v) is 4.22. The zero-order valence-electron chi connectivity index (χ0n) is 6.95. The molecule has 0 radical (unpaired) electrons. The predicted molar refractivity (Wildman–Crippen MR) is 44.5 cm³/mol. The number of piperazine rings is 1. The Morgan fingerprint density at radius 1 is 1.42 bits per heavy atom. The fourth-order valence-corrected chi connectivity index (χ4v) is 1.39. The average Bonchev–Trinajstić information content (AvgIpc) is 2.59. The molecule has 5 heteroatoms. The Kier molecular flexibility index (Phi) is 2.33. The Morgan fingerprint density at radius 3 is 2.92 bits per heavy atom. The van der Waals surface area contributed by atoms with Crippen LogP contribution in [0.5, 0.6) is 0 Å². The van der Waals surface area contributed by atoms with Gasteiger partial charge in [0.05, 0.1) is 6.54 Å². The molecule has 5 nitrogen and oxygen atoms in total. The molecule has 12 heavy (non-hydrogen) atoms. The molecule has 0 unspecified atom stereocenters. The van der Waals surface area contributed by atoms with E-state index in [-0.39, 0.29) is 0 Å². The molecule has 1 aromatic rings. The van der Waals surface area contributed by atoms with Gasteiger partial charge in [0, 0.05) is 26.2 Å². The third kappa shape index (κ3) is 1.80. The fraction of sp³-hybridized carbons (Fsp3) is 0.714. The highest BCUT2D eigenvalue weighted by atomic mass is 15.2. The molecule has 0 spiro atoms. The Bertz CT molecular complexity index is 214. The summed E-state index contributed by atoms with van der Waals surface area (Å²) in [5.41, 5.74) is 0. The highest BCUT2D eigenvalue weighted by Crippen LogP contribution is 1.97. The predicted octanol–water partition coefficient (Wildman–Crippen LogP) is -0.790. The first-order chi connectivity index (χ1) is 5.95. The minimum Gasteiger partial charge on any atom is -0.314 e. The number of aromatic amines is 1. The number of aromatic nitrogens is 3. The van der Waals surface area contributed by atoms with Crippen molar-refractivity contribution in [2.45, 2.75) is 6.54 Å². The maximum absolute atomic E-state index is 4.08. The SMILES string of the molecule is c1n[nH]c(CN2CCNCC2)n1. The van der Waals surface area contributed by atoms with E-state index >= 15 is 0 Å². The molecule has 2 heterocycles. The molecule has 1 fully saturated rings. The zero-order chi connectivity index (χ0) is 8.23. The average molecular weight is 167 g/mol. The van der Waals surface area contributed by atoms with Gasteiger partial charge in [0.15, 0.2) is 0 Å². The van der Waals surface area contributed by atoms with Gasteiger partial charge in [-0.3, -0.25) is 10.00 Å². The van der Waals surface area contributed by atoms with Gasteiger partial charge >= 0.3 is 0 Å². The largest absolute Gasteiger partial charge is 0.314 e. The Morgan fingerprint density at radius 2 is 2.25 bits per heavy atom. The van der Waals surface area contributed by atoms with Gasteiger partial charge in [-0.05, 0) is 0 Å². The van der Waals surface area contributed by atoms with E-state index in [2.05, 4.69) is 25.4 Å². The monoisotopic (exact) mass is 167 g/mol. The lowest BCUT2D eigenvalue weighted by Crippen LogP contribution is -2.43. The van der Waals surface area contributed by atoms with E-state index in [1.54, 1.807) is 6.33 Å². The lowest BCUT2D eigenvalue weighted by molar-refractivity contribution is 0.228. The minimum atomic E-state index is 0.891. The number of rotatable bonds is 2. The van der Waals surface area contributed by atoms with Gasteiger partial charge in [-0.2, -0.15) is 5.10 Å². The second kappa shape index (κ2) is 3.64. The summed E-state index contributed by atoms with van der Waals surface area (Å²) in [5, 5.41) is 9.98. The van der Waals surface area contributed by atoms with Crippen LogP contribution in [0, 0.1) is 0 Å². The van der Waals surface area contributed by atoms with E-state index in [0.717, 1.165) is 38.5 Å². The van der Waals surface area contributed by atoms with Crippen molar-refractivity contribution < 1.29 is 0 Å². The van der Waals surface area contributed by atoms with Crippen LogP contribution in [0.1, 0.15) is 5.82 Å². The highest BCUT2D eigenvalue weighted by molar-refractivity contribution is 4.81. The van der Waals surface area contributed by atoms with Crippen molar-refractivity contribution in [2.24, 2.45) is 0 Å². The first kappa shape index (κ1) is 7.70. The molecular formula is C7H13N5. The molecule has 0 amide bonds.